The highest BCUT2D eigenvalue weighted by molar-refractivity contribution is 7.85. The molecule has 0 saturated carbocycles. The van der Waals surface area contributed by atoms with E-state index in [1.54, 1.807) is 18.2 Å². The highest BCUT2D eigenvalue weighted by Crippen LogP contribution is 2.12. The Hall–Kier alpha value is -2.31. The summed E-state index contributed by atoms with van der Waals surface area (Å²) in [4.78, 5) is 23.5. The van der Waals surface area contributed by atoms with Gasteiger partial charge in [-0.15, -0.1) is 0 Å². The molecule has 0 bridgehead atoms. The fraction of sp³-hybridized carbons (Fsp3) is 0. The van der Waals surface area contributed by atoms with Gasteiger partial charge in [-0.2, -0.15) is 8.42 Å². The van der Waals surface area contributed by atoms with Crippen molar-refractivity contribution in [2.45, 2.75) is 4.90 Å². The predicted molar refractivity (Wildman–Crippen MR) is 71.4 cm³/mol. The third-order valence-electron chi connectivity index (χ3n) is 2.66. The molecule has 2 aromatic carbocycles. The van der Waals surface area contributed by atoms with Crippen LogP contribution in [0.5, 0.6) is 0 Å². The average molecular weight is 290 g/mol. The fourth-order valence-electron chi connectivity index (χ4n) is 1.63. The molecule has 0 aliphatic carbocycles. The molecule has 20 heavy (non-hydrogen) atoms. The molecule has 0 unspecified atom stereocenters. The maximum absolute atomic E-state index is 11.9. The molecule has 0 aromatic heterocycles. The first-order chi connectivity index (χ1) is 9.39. The van der Waals surface area contributed by atoms with Crippen molar-refractivity contribution >= 4 is 21.7 Å². The molecular formula is C14H10O5S. The van der Waals surface area contributed by atoms with Gasteiger partial charge in [0.2, 0.25) is 11.6 Å². The Morgan fingerprint density at radius 2 is 1.20 bits per heavy atom. The number of carbonyl (C=O) groups is 2. The van der Waals surface area contributed by atoms with Gasteiger partial charge in [-0.25, -0.2) is 0 Å². The average Bonchev–Trinajstić information content (AvgIpc) is 2.46. The second kappa shape index (κ2) is 5.36. The van der Waals surface area contributed by atoms with Gasteiger partial charge in [0.25, 0.3) is 10.1 Å². The summed E-state index contributed by atoms with van der Waals surface area (Å²) in [5.74, 6) is -1.41. The Morgan fingerprint density at radius 3 is 1.65 bits per heavy atom. The van der Waals surface area contributed by atoms with Gasteiger partial charge in [0.1, 0.15) is 0 Å². The molecule has 102 valence electrons. The van der Waals surface area contributed by atoms with Crippen LogP contribution in [-0.4, -0.2) is 24.5 Å². The van der Waals surface area contributed by atoms with E-state index < -0.39 is 21.7 Å². The quantitative estimate of drug-likeness (QED) is 0.528. The van der Waals surface area contributed by atoms with Crippen LogP contribution < -0.4 is 0 Å². The van der Waals surface area contributed by atoms with Crippen molar-refractivity contribution < 1.29 is 22.6 Å². The Labute approximate surface area is 115 Å². The molecule has 6 heteroatoms. The van der Waals surface area contributed by atoms with E-state index in [2.05, 4.69) is 0 Å². The molecule has 2 rings (SSSR count). The molecule has 0 radical (unpaired) electrons. The number of ketones is 2. The van der Waals surface area contributed by atoms with E-state index >= 15 is 0 Å². The van der Waals surface area contributed by atoms with Crippen LogP contribution in [0.3, 0.4) is 0 Å². The van der Waals surface area contributed by atoms with Crippen molar-refractivity contribution in [2.75, 3.05) is 0 Å². The lowest BCUT2D eigenvalue weighted by Crippen LogP contribution is -2.14. The van der Waals surface area contributed by atoms with Crippen LogP contribution >= 0.6 is 0 Å². The zero-order valence-electron chi connectivity index (χ0n) is 10.2. The summed E-state index contributed by atoms with van der Waals surface area (Å²) in [5, 5.41) is 0. The lowest BCUT2D eigenvalue weighted by molar-refractivity contribution is 0.0817. The van der Waals surface area contributed by atoms with E-state index in [0.29, 0.717) is 0 Å². The van der Waals surface area contributed by atoms with Gasteiger partial charge in [-0.3, -0.25) is 14.1 Å². The predicted octanol–water partition coefficient (Wildman–Crippen LogP) is 2.00. The third-order valence-corrected chi connectivity index (χ3v) is 3.52. The largest absolute Gasteiger partial charge is 0.294 e. The summed E-state index contributed by atoms with van der Waals surface area (Å²) >= 11 is 0. The van der Waals surface area contributed by atoms with Crippen LogP contribution in [-0.2, 0) is 10.1 Å². The summed E-state index contributed by atoms with van der Waals surface area (Å²) in [5.41, 5.74) is 0.322. The Bertz CT molecular complexity index is 746. The summed E-state index contributed by atoms with van der Waals surface area (Å²) in [6.07, 6.45) is 0. The minimum atomic E-state index is -4.31. The first-order valence-corrected chi connectivity index (χ1v) is 7.05. The van der Waals surface area contributed by atoms with Crippen LogP contribution in [0, 0.1) is 0 Å². The first-order valence-electron chi connectivity index (χ1n) is 5.61. The normalized spacial score (nSPS) is 11.1. The summed E-state index contributed by atoms with van der Waals surface area (Å²) < 4.78 is 30.6. The molecular weight excluding hydrogens is 280 g/mol. The molecule has 0 amide bonds. The van der Waals surface area contributed by atoms with E-state index in [1.807, 2.05) is 0 Å². The number of carbonyl (C=O) groups excluding carboxylic acids is 2. The minimum Gasteiger partial charge on any atom is -0.285 e. The van der Waals surface area contributed by atoms with Gasteiger partial charge in [0.15, 0.2) is 0 Å². The van der Waals surface area contributed by atoms with Gasteiger partial charge in [0.05, 0.1) is 4.90 Å². The molecule has 0 aliphatic heterocycles. The molecule has 5 nitrogen and oxygen atoms in total. The van der Waals surface area contributed by atoms with Crippen molar-refractivity contribution in [3.63, 3.8) is 0 Å². The molecule has 0 spiro atoms. The van der Waals surface area contributed by atoms with E-state index in [4.69, 9.17) is 4.55 Å². The van der Waals surface area contributed by atoms with Crippen LogP contribution in [0.25, 0.3) is 0 Å². The molecule has 0 fully saturated rings. The maximum Gasteiger partial charge on any atom is 0.294 e. The lowest BCUT2D eigenvalue weighted by atomic mass is 10.0. The van der Waals surface area contributed by atoms with Crippen molar-refractivity contribution in [1.29, 1.82) is 0 Å². The monoisotopic (exact) mass is 290 g/mol. The smallest absolute Gasteiger partial charge is 0.285 e. The molecule has 0 heterocycles. The number of hydrogen-bond donors (Lipinski definition) is 1. The van der Waals surface area contributed by atoms with Crippen LogP contribution in [0.1, 0.15) is 20.7 Å². The second-order valence-electron chi connectivity index (χ2n) is 4.02. The maximum atomic E-state index is 11.9. The van der Waals surface area contributed by atoms with Gasteiger partial charge >= 0.3 is 0 Å². The fourth-order valence-corrected chi connectivity index (χ4v) is 2.11. The second-order valence-corrected chi connectivity index (χ2v) is 5.45. The van der Waals surface area contributed by atoms with Gasteiger partial charge in [-0.1, -0.05) is 30.3 Å². The van der Waals surface area contributed by atoms with E-state index in [9.17, 15) is 18.0 Å². The number of rotatable bonds is 4. The third kappa shape index (κ3) is 2.98. The van der Waals surface area contributed by atoms with Gasteiger partial charge < -0.3 is 0 Å². The van der Waals surface area contributed by atoms with Gasteiger partial charge in [0, 0.05) is 11.1 Å². The van der Waals surface area contributed by atoms with Crippen molar-refractivity contribution in [3.8, 4) is 0 Å². The van der Waals surface area contributed by atoms with Crippen LogP contribution in [0.15, 0.2) is 59.5 Å². The number of hydrogen-bond acceptors (Lipinski definition) is 4. The molecule has 0 aliphatic rings. The number of Topliss-reactive ketones (excluding diaryl/α,β-unsaturated/α-hetero) is 2. The summed E-state index contributed by atoms with van der Waals surface area (Å²) in [6, 6.07) is 12.6. The Kier molecular flexibility index (Phi) is 3.78. The first kappa shape index (κ1) is 14.1. The van der Waals surface area contributed by atoms with Crippen LogP contribution in [0.2, 0.25) is 0 Å². The zero-order chi connectivity index (χ0) is 14.8. The number of benzene rings is 2. The Balaban J connectivity index is 2.29. The topological polar surface area (TPSA) is 88.5 Å². The minimum absolute atomic E-state index is 0.0613. The standard InChI is InChI=1S/C14H10O5S/c15-13(10-4-2-1-3-5-10)14(16)11-6-8-12(9-7-11)20(17,18)19/h1-9H,(H,17,18,19). The van der Waals surface area contributed by atoms with E-state index in [1.165, 1.54) is 24.3 Å². The van der Waals surface area contributed by atoms with Crippen molar-refractivity contribution in [1.82, 2.24) is 0 Å². The van der Waals surface area contributed by atoms with E-state index in [0.717, 1.165) is 12.1 Å². The van der Waals surface area contributed by atoms with Crippen LogP contribution in [0.4, 0.5) is 0 Å². The highest BCUT2D eigenvalue weighted by Gasteiger charge is 2.18. The lowest BCUT2D eigenvalue weighted by Gasteiger charge is -2.02. The summed E-state index contributed by atoms with van der Waals surface area (Å²) in [6.45, 7) is 0. The molecule has 0 atom stereocenters. The Morgan fingerprint density at radius 1 is 0.750 bits per heavy atom. The molecule has 2 aromatic rings. The summed E-state index contributed by atoms with van der Waals surface area (Å²) in [7, 11) is -4.31. The SMILES string of the molecule is O=C(C(=O)c1ccc(S(=O)(=O)O)cc1)c1ccccc1. The van der Waals surface area contributed by atoms with Gasteiger partial charge in [-0.05, 0) is 24.3 Å². The van der Waals surface area contributed by atoms with Crippen molar-refractivity contribution in [2.24, 2.45) is 0 Å². The highest BCUT2D eigenvalue weighted by atomic mass is 32.2. The molecule has 0 saturated heterocycles. The van der Waals surface area contributed by atoms with E-state index in [-0.39, 0.29) is 16.0 Å². The molecule has 1 N–H and O–H groups in total. The zero-order valence-corrected chi connectivity index (χ0v) is 11.0. The van der Waals surface area contributed by atoms with Crippen molar-refractivity contribution in [3.05, 3.63) is 65.7 Å².